The van der Waals surface area contributed by atoms with Crippen LogP contribution in [0.25, 0.3) is 0 Å². The second-order valence-electron chi connectivity index (χ2n) is 6.73. The van der Waals surface area contributed by atoms with Crippen LogP contribution in [0.2, 0.25) is 0 Å². The van der Waals surface area contributed by atoms with Gasteiger partial charge < -0.3 is 9.64 Å². The fraction of sp³-hybridized carbons (Fsp3) is 0.400. The molecule has 2 aromatic carbocycles. The molecule has 1 aliphatic heterocycles. The third-order valence-corrected chi connectivity index (χ3v) is 4.57. The van der Waals surface area contributed by atoms with Gasteiger partial charge >= 0.3 is 0 Å². The smallest absolute Gasteiger partial charge is 0.185 e. The molecule has 0 N–H and O–H groups in total. The molecule has 0 spiro atoms. The molecule has 2 aromatic rings. The van der Waals surface area contributed by atoms with Crippen molar-refractivity contribution in [2.24, 2.45) is 0 Å². The molecule has 0 unspecified atom stereocenters. The highest BCUT2D eigenvalue weighted by Crippen LogP contribution is 2.33. The van der Waals surface area contributed by atoms with Crippen LogP contribution >= 0.6 is 0 Å². The summed E-state index contributed by atoms with van der Waals surface area (Å²) >= 11 is 0. The van der Waals surface area contributed by atoms with E-state index in [1.54, 1.807) is 38.1 Å². The molecule has 0 amide bonds. The van der Waals surface area contributed by atoms with Crippen LogP contribution in [0.5, 0.6) is 0 Å². The van der Waals surface area contributed by atoms with Crippen molar-refractivity contribution in [3.05, 3.63) is 64.7 Å². The van der Waals surface area contributed by atoms with Gasteiger partial charge in [0.25, 0.3) is 0 Å². The summed E-state index contributed by atoms with van der Waals surface area (Å²) in [4.78, 5) is 1.32. The highest BCUT2D eigenvalue weighted by Gasteiger charge is 2.32. The van der Waals surface area contributed by atoms with E-state index >= 15 is 0 Å². The Morgan fingerprint density at radius 2 is 1.38 bits per heavy atom. The average Bonchev–Trinajstić information content (AvgIpc) is 2.60. The van der Waals surface area contributed by atoms with Gasteiger partial charge in [0.05, 0.1) is 12.2 Å². The number of ether oxygens (including phenoxy) is 1. The van der Waals surface area contributed by atoms with E-state index in [9.17, 15) is 17.6 Å². The van der Waals surface area contributed by atoms with Gasteiger partial charge in [-0.05, 0) is 32.3 Å². The summed E-state index contributed by atoms with van der Waals surface area (Å²) in [7, 11) is 0. The van der Waals surface area contributed by atoms with E-state index in [1.807, 2.05) is 6.07 Å². The zero-order chi connectivity index (χ0) is 18.8. The van der Waals surface area contributed by atoms with Gasteiger partial charge in [-0.2, -0.15) is 0 Å². The third kappa shape index (κ3) is 3.70. The van der Waals surface area contributed by atoms with Crippen molar-refractivity contribution in [2.75, 3.05) is 18.0 Å². The second kappa shape index (κ2) is 7.66. The summed E-state index contributed by atoms with van der Waals surface area (Å²) in [6.45, 7) is 3.83. The van der Waals surface area contributed by atoms with E-state index in [-0.39, 0.29) is 31.7 Å². The Hall–Kier alpha value is -2.08. The molecule has 0 aromatic heterocycles. The molecule has 2 atom stereocenters. The largest absolute Gasteiger partial charge is 0.372 e. The Morgan fingerprint density at radius 1 is 0.846 bits per heavy atom. The highest BCUT2D eigenvalue weighted by molar-refractivity contribution is 5.53. The number of hydrogen-bond acceptors (Lipinski definition) is 2. The van der Waals surface area contributed by atoms with Gasteiger partial charge in [0, 0.05) is 18.7 Å². The molecule has 0 aliphatic carbocycles. The van der Waals surface area contributed by atoms with Crippen LogP contribution < -0.4 is 4.90 Å². The zero-order valence-electron chi connectivity index (χ0n) is 14.7. The van der Waals surface area contributed by atoms with Gasteiger partial charge in [0.1, 0.15) is 5.69 Å². The van der Waals surface area contributed by atoms with Gasteiger partial charge in [-0.3, -0.25) is 0 Å². The first-order chi connectivity index (χ1) is 12.4. The number of anilines is 1. The monoisotopic (exact) mass is 367 g/mol. The summed E-state index contributed by atoms with van der Waals surface area (Å²) in [5.41, 5.74) is -0.362. The number of benzene rings is 2. The topological polar surface area (TPSA) is 12.5 Å². The van der Waals surface area contributed by atoms with E-state index in [0.717, 1.165) is 5.56 Å². The molecule has 3 rings (SSSR count). The van der Waals surface area contributed by atoms with E-state index in [1.165, 1.54) is 4.90 Å². The lowest BCUT2D eigenvalue weighted by Crippen LogP contribution is -2.46. The van der Waals surface area contributed by atoms with Gasteiger partial charge in [0.2, 0.25) is 0 Å². The van der Waals surface area contributed by atoms with E-state index in [0.29, 0.717) is 6.42 Å². The minimum atomic E-state index is -1.34. The van der Waals surface area contributed by atoms with Crippen molar-refractivity contribution < 1.29 is 22.3 Å². The summed E-state index contributed by atoms with van der Waals surface area (Å²) in [5.74, 6) is -5.32. The Balaban J connectivity index is 1.92. The van der Waals surface area contributed by atoms with Gasteiger partial charge in [-0.1, -0.05) is 30.3 Å². The maximum absolute atomic E-state index is 14.6. The molecule has 1 heterocycles. The lowest BCUT2D eigenvalue weighted by atomic mass is 10.0. The van der Waals surface area contributed by atoms with E-state index < -0.39 is 34.5 Å². The van der Waals surface area contributed by atoms with Crippen molar-refractivity contribution in [2.45, 2.75) is 38.9 Å². The van der Waals surface area contributed by atoms with Gasteiger partial charge in [-0.15, -0.1) is 0 Å². The zero-order valence-corrected chi connectivity index (χ0v) is 14.7. The predicted octanol–water partition coefficient (Wildman–Crippen LogP) is 4.64. The second-order valence-corrected chi connectivity index (χ2v) is 6.73. The maximum atomic E-state index is 14.6. The number of morpholine rings is 1. The summed E-state index contributed by atoms with van der Waals surface area (Å²) in [5, 5.41) is 0. The molecule has 1 aliphatic rings. The van der Waals surface area contributed by atoms with Gasteiger partial charge in [-0.25, -0.2) is 17.6 Å². The Bertz CT molecular complexity index is 742. The third-order valence-electron chi connectivity index (χ3n) is 4.57. The fourth-order valence-corrected chi connectivity index (χ4v) is 3.44. The van der Waals surface area contributed by atoms with Crippen molar-refractivity contribution in [1.29, 1.82) is 0 Å². The Labute approximate surface area is 150 Å². The van der Waals surface area contributed by atoms with Crippen molar-refractivity contribution in [3.8, 4) is 0 Å². The molecule has 1 fully saturated rings. The van der Waals surface area contributed by atoms with Crippen LogP contribution in [0, 0.1) is 23.3 Å². The van der Waals surface area contributed by atoms with Crippen molar-refractivity contribution in [1.82, 2.24) is 0 Å². The van der Waals surface area contributed by atoms with E-state index in [2.05, 4.69) is 0 Å². The summed E-state index contributed by atoms with van der Waals surface area (Å²) in [6, 6.07) is 9.02. The lowest BCUT2D eigenvalue weighted by molar-refractivity contribution is -0.00566. The summed E-state index contributed by atoms with van der Waals surface area (Å²) < 4.78 is 63.8. The van der Waals surface area contributed by atoms with Crippen LogP contribution in [0.3, 0.4) is 0 Å². The first kappa shape index (κ1) is 18.7. The van der Waals surface area contributed by atoms with Crippen LogP contribution in [0.1, 0.15) is 25.0 Å². The molecule has 0 bridgehead atoms. The minimum absolute atomic E-state index is 0.119. The van der Waals surface area contributed by atoms with E-state index in [4.69, 9.17) is 4.74 Å². The normalized spacial score (nSPS) is 20.5. The molecular weight excluding hydrogens is 346 g/mol. The lowest BCUT2D eigenvalue weighted by Gasteiger charge is -2.37. The number of halogens is 4. The van der Waals surface area contributed by atoms with Crippen LogP contribution in [-0.4, -0.2) is 25.3 Å². The van der Waals surface area contributed by atoms with Crippen molar-refractivity contribution >= 4 is 5.69 Å². The first-order valence-corrected chi connectivity index (χ1v) is 8.67. The average molecular weight is 367 g/mol. The molecule has 0 radical (unpaired) electrons. The molecule has 0 saturated carbocycles. The molecular formula is C20H21F4NO. The number of nitrogens with zero attached hydrogens (tertiary/aromatic N) is 1. The van der Waals surface area contributed by atoms with Gasteiger partial charge in [0.15, 0.2) is 23.3 Å². The molecule has 6 heteroatoms. The minimum Gasteiger partial charge on any atom is -0.372 e. The Kier molecular flexibility index (Phi) is 5.51. The number of hydrogen-bond donors (Lipinski definition) is 0. The first-order valence-electron chi connectivity index (χ1n) is 8.67. The molecule has 2 nitrogen and oxygen atoms in total. The quantitative estimate of drug-likeness (QED) is 0.577. The van der Waals surface area contributed by atoms with Crippen LogP contribution in [-0.2, 0) is 17.6 Å². The van der Waals surface area contributed by atoms with Crippen molar-refractivity contribution in [3.63, 3.8) is 0 Å². The predicted molar refractivity (Wildman–Crippen MR) is 92.3 cm³/mol. The van der Waals surface area contributed by atoms with Crippen LogP contribution in [0.4, 0.5) is 23.2 Å². The fourth-order valence-electron chi connectivity index (χ4n) is 3.44. The SMILES string of the molecule is C[C@@H]1CN(c2c(F)c(F)c(CCc3ccccc3)c(F)c2F)C[C@H](C)O1. The number of aryl methyl sites for hydroxylation is 1. The standard InChI is InChI=1S/C20H21F4NO/c1-12-10-25(11-13(2)26-12)20-18(23)16(21)15(17(22)19(20)24)9-8-14-6-4-3-5-7-14/h3-7,12-13H,8-11H2,1-2H3/t12-,13+. The Morgan fingerprint density at radius 3 is 1.92 bits per heavy atom. The highest BCUT2D eigenvalue weighted by atomic mass is 19.2. The molecule has 1 saturated heterocycles. The maximum Gasteiger partial charge on any atom is 0.185 e. The summed E-state index contributed by atoms with van der Waals surface area (Å²) in [6.07, 6.45) is -0.410. The number of rotatable bonds is 4. The molecule has 140 valence electrons. The molecule has 26 heavy (non-hydrogen) atoms. The van der Waals surface area contributed by atoms with Crippen LogP contribution in [0.15, 0.2) is 30.3 Å².